The molecule has 74 valence electrons. The molecule has 2 heterocycles. The van der Waals surface area contributed by atoms with E-state index in [-0.39, 0.29) is 6.61 Å². The number of hydrogen-bond acceptors (Lipinski definition) is 3. The minimum Gasteiger partial charge on any atom is -0.395 e. The van der Waals surface area contributed by atoms with Crippen LogP contribution in [0.1, 0.15) is 0 Å². The average Bonchev–Trinajstić information content (AvgIpc) is 2.74. The van der Waals surface area contributed by atoms with Crippen molar-refractivity contribution in [3.8, 4) is 10.7 Å². The van der Waals surface area contributed by atoms with Gasteiger partial charge in [-0.1, -0.05) is 11.6 Å². The van der Waals surface area contributed by atoms with Crippen LogP contribution in [0.4, 0.5) is 0 Å². The molecule has 0 fully saturated rings. The monoisotopic (exact) mass is 228 g/mol. The van der Waals surface area contributed by atoms with Gasteiger partial charge >= 0.3 is 0 Å². The molecule has 2 aromatic rings. The largest absolute Gasteiger partial charge is 0.395 e. The number of halogens is 1. The van der Waals surface area contributed by atoms with Gasteiger partial charge in [0.15, 0.2) is 0 Å². The molecule has 0 aromatic carbocycles. The highest BCUT2D eigenvalue weighted by Gasteiger charge is 2.07. The Morgan fingerprint density at radius 1 is 1.50 bits per heavy atom. The SMILES string of the molecule is OCCn1ccnc1-c1ccc(Cl)s1. The maximum Gasteiger partial charge on any atom is 0.150 e. The Morgan fingerprint density at radius 3 is 3.00 bits per heavy atom. The molecule has 0 aliphatic rings. The van der Waals surface area contributed by atoms with E-state index in [1.54, 1.807) is 6.20 Å². The number of thiophene rings is 1. The van der Waals surface area contributed by atoms with Crippen LogP contribution in [-0.4, -0.2) is 21.3 Å². The van der Waals surface area contributed by atoms with E-state index in [0.29, 0.717) is 6.54 Å². The van der Waals surface area contributed by atoms with Gasteiger partial charge in [0.1, 0.15) is 5.82 Å². The number of nitrogens with zero attached hydrogens (tertiary/aromatic N) is 2. The summed E-state index contributed by atoms with van der Waals surface area (Å²) in [5, 5.41) is 8.84. The second-order valence-corrected chi connectivity index (χ2v) is 4.49. The van der Waals surface area contributed by atoms with Gasteiger partial charge in [-0.15, -0.1) is 11.3 Å². The van der Waals surface area contributed by atoms with Gasteiger partial charge in [-0.2, -0.15) is 0 Å². The Bertz CT molecular complexity index is 424. The van der Waals surface area contributed by atoms with E-state index in [0.717, 1.165) is 15.0 Å². The normalized spacial score (nSPS) is 10.7. The first kappa shape index (κ1) is 9.71. The molecule has 0 atom stereocenters. The summed E-state index contributed by atoms with van der Waals surface area (Å²) in [7, 11) is 0. The fourth-order valence-corrected chi connectivity index (χ4v) is 2.31. The molecule has 2 rings (SSSR count). The molecule has 0 saturated carbocycles. The number of aromatic nitrogens is 2. The topological polar surface area (TPSA) is 38.0 Å². The molecular weight excluding hydrogens is 220 g/mol. The molecule has 0 aliphatic heterocycles. The average molecular weight is 229 g/mol. The van der Waals surface area contributed by atoms with Crippen LogP contribution in [0.5, 0.6) is 0 Å². The smallest absolute Gasteiger partial charge is 0.150 e. The fourth-order valence-electron chi connectivity index (χ4n) is 1.26. The van der Waals surface area contributed by atoms with Gasteiger partial charge in [0.05, 0.1) is 15.8 Å². The van der Waals surface area contributed by atoms with E-state index < -0.39 is 0 Å². The second kappa shape index (κ2) is 4.13. The van der Waals surface area contributed by atoms with E-state index in [2.05, 4.69) is 4.98 Å². The van der Waals surface area contributed by atoms with Gasteiger partial charge in [-0.25, -0.2) is 4.98 Å². The van der Waals surface area contributed by atoms with Crippen LogP contribution in [0.2, 0.25) is 4.34 Å². The highest BCUT2D eigenvalue weighted by Crippen LogP contribution is 2.29. The van der Waals surface area contributed by atoms with Crippen molar-refractivity contribution in [3.05, 3.63) is 28.9 Å². The quantitative estimate of drug-likeness (QED) is 0.875. The molecule has 1 N–H and O–H groups in total. The number of hydrogen-bond donors (Lipinski definition) is 1. The van der Waals surface area contributed by atoms with Crippen molar-refractivity contribution < 1.29 is 5.11 Å². The molecule has 3 nitrogen and oxygen atoms in total. The first-order valence-electron chi connectivity index (χ1n) is 4.19. The summed E-state index contributed by atoms with van der Waals surface area (Å²) in [6, 6.07) is 3.78. The van der Waals surface area contributed by atoms with Crippen LogP contribution < -0.4 is 0 Å². The zero-order valence-corrected chi connectivity index (χ0v) is 8.92. The lowest BCUT2D eigenvalue weighted by molar-refractivity contribution is 0.277. The van der Waals surface area contributed by atoms with Crippen molar-refractivity contribution in [1.29, 1.82) is 0 Å². The van der Waals surface area contributed by atoms with Crippen molar-refractivity contribution in [1.82, 2.24) is 9.55 Å². The van der Waals surface area contributed by atoms with E-state index in [9.17, 15) is 0 Å². The van der Waals surface area contributed by atoms with Crippen molar-refractivity contribution in [2.75, 3.05) is 6.61 Å². The van der Waals surface area contributed by atoms with Gasteiger partial charge in [0.25, 0.3) is 0 Å². The number of rotatable bonds is 3. The fraction of sp³-hybridized carbons (Fsp3) is 0.222. The van der Waals surface area contributed by atoms with Crippen LogP contribution >= 0.6 is 22.9 Å². The highest BCUT2D eigenvalue weighted by molar-refractivity contribution is 7.19. The molecule has 0 unspecified atom stereocenters. The molecule has 14 heavy (non-hydrogen) atoms. The van der Waals surface area contributed by atoms with Gasteiger partial charge in [-0.3, -0.25) is 0 Å². The van der Waals surface area contributed by atoms with Gasteiger partial charge in [0.2, 0.25) is 0 Å². The Morgan fingerprint density at radius 2 is 2.36 bits per heavy atom. The summed E-state index contributed by atoms with van der Waals surface area (Å²) in [6.45, 7) is 0.674. The minimum atomic E-state index is 0.114. The number of aliphatic hydroxyl groups is 1. The van der Waals surface area contributed by atoms with Crippen molar-refractivity contribution in [2.45, 2.75) is 6.54 Å². The molecule has 0 spiro atoms. The third-order valence-electron chi connectivity index (χ3n) is 1.85. The number of imidazole rings is 1. The maximum atomic E-state index is 8.84. The van der Waals surface area contributed by atoms with E-state index in [1.807, 2.05) is 22.9 Å². The van der Waals surface area contributed by atoms with E-state index in [4.69, 9.17) is 16.7 Å². The lowest BCUT2D eigenvalue weighted by Crippen LogP contribution is -2.01. The molecular formula is C9H9ClN2OS. The summed E-state index contributed by atoms with van der Waals surface area (Å²) in [5.74, 6) is 0.857. The van der Waals surface area contributed by atoms with Crippen molar-refractivity contribution in [3.63, 3.8) is 0 Å². The van der Waals surface area contributed by atoms with Crippen molar-refractivity contribution >= 4 is 22.9 Å². The number of aliphatic hydroxyl groups excluding tert-OH is 1. The Labute approximate surface area is 90.6 Å². The summed E-state index contributed by atoms with van der Waals surface area (Å²) in [4.78, 5) is 5.24. The van der Waals surface area contributed by atoms with Gasteiger partial charge in [-0.05, 0) is 12.1 Å². The molecule has 2 aromatic heterocycles. The first-order chi connectivity index (χ1) is 6.81. The van der Waals surface area contributed by atoms with Crippen LogP contribution in [0.3, 0.4) is 0 Å². The lowest BCUT2D eigenvalue weighted by Gasteiger charge is -2.02. The molecule has 0 aliphatic carbocycles. The molecule has 0 bridgehead atoms. The Kier molecular flexibility index (Phi) is 2.86. The molecule has 5 heteroatoms. The predicted octanol–water partition coefficient (Wildman–Crippen LogP) is 2.26. The van der Waals surface area contributed by atoms with Crippen LogP contribution in [0, 0.1) is 0 Å². The minimum absolute atomic E-state index is 0.114. The van der Waals surface area contributed by atoms with Crippen LogP contribution in [0.15, 0.2) is 24.5 Å². The third kappa shape index (κ3) is 1.82. The molecule has 0 saturated heterocycles. The van der Waals surface area contributed by atoms with Crippen LogP contribution in [-0.2, 0) is 6.54 Å². The van der Waals surface area contributed by atoms with Gasteiger partial charge in [0, 0.05) is 18.9 Å². The zero-order chi connectivity index (χ0) is 9.97. The van der Waals surface area contributed by atoms with Gasteiger partial charge < -0.3 is 9.67 Å². The molecule has 0 radical (unpaired) electrons. The third-order valence-corrected chi connectivity index (χ3v) is 3.08. The Balaban J connectivity index is 2.36. The van der Waals surface area contributed by atoms with E-state index in [1.165, 1.54) is 11.3 Å². The predicted molar refractivity (Wildman–Crippen MR) is 57.6 cm³/mol. The summed E-state index contributed by atoms with van der Waals surface area (Å²) < 4.78 is 2.65. The highest BCUT2D eigenvalue weighted by atomic mass is 35.5. The first-order valence-corrected chi connectivity index (χ1v) is 5.38. The Hall–Kier alpha value is -0.840. The zero-order valence-electron chi connectivity index (χ0n) is 7.35. The second-order valence-electron chi connectivity index (χ2n) is 2.77. The van der Waals surface area contributed by atoms with Crippen LogP contribution in [0.25, 0.3) is 10.7 Å². The molecule has 0 amide bonds. The van der Waals surface area contributed by atoms with Crippen molar-refractivity contribution in [2.24, 2.45) is 0 Å². The summed E-state index contributed by atoms with van der Waals surface area (Å²) in [6.07, 6.45) is 3.57. The summed E-state index contributed by atoms with van der Waals surface area (Å²) >= 11 is 7.32. The standard InChI is InChI=1S/C9H9ClN2OS/c10-8-2-1-7(14-8)9-11-3-4-12(9)5-6-13/h1-4,13H,5-6H2. The van der Waals surface area contributed by atoms with E-state index >= 15 is 0 Å². The lowest BCUT2D eigenvalue weighted by atomic mass is 10.4. The maximum absolute atomic E-state index is 8.84. The summed E-state index contributed by atoms with van der Waals surface area (Å²) in [5.41, 5.74) is 0.